The highest BCUT2D eigenvalue weighted by Crippen LogP contribution is 2.19. The van der Waals surface area contributed by atoms with Gasteiger partial charge in [0.1, 0.15) is 23.2 Å². The second kappa shape index (κ2) is 6.87. The Morgan fingerprint density at radius 1 is 1.00 bits per heavy atom. The first-order chi connectivity index (χ1) is 11.6. The number of hydrogen-bond donors (Lipinski definition) is 2. The summed E-state index contributed by atoms with van der Waals surface area (Å²) in [5.74, 6) is 0.00713. The van der Waals surface area contributed by atoms with Crippen molar-refractivity contribution >= 4 is 23.1 Å². The molecule has 0 aliphatic heterocycles. The van der Waals surface area contributed by atoms with Crippen LogP contribution in [0.3, 0.4) is 0 Å². The number of aryl methyl sites for hydroxylation is 1. The summed E-state index contributed by atoms with van der Waals surface area (Å²) < 4.78 is 13.7. The molecule has 2 aromatic carbocycles. The van der Waals surface area contributed by atoms with Gasteiger partial charge in [-0.05, 0) is 31.2 Å². The van der Waals surface area contributed by atoms with Crippen molar-refractivity contribution in [1.82, 2.24) is 9.97 Å². The second-order valence-corrected chi connectivity index (χ2v) is 5.11. The molecule has 0 radical (unpaired) electrons. The molecule has 2 N–H and O–H groups in total. The van der Waals surface area contributed by atoms with Crippen LogP contribution < -0.4 is 10.6 Å². The maximum Gasteiger partial charge on any atom is 0.274 e. The second-order valence-electron chi connectivity index (χ2n) is 5.11. The fourth-order valence-corrected chi connectivity index (χ4v) is 2.17. The molecule has 0 bridgehead atoms. The zero-order valence-electron chi connectivity index (χ0n) is 13.0. The molecule has 1 aromatic heterocycles. The van der Waals surface area contributed by atoms with E-state index in [9.17, 15) is 9.18 Å². The average molecular weight is 322 g/mol. The first kappa shape index (κ1) is 15.6. The van der Waals surface area contributed by atoms with Gasteiger partial charge in [-0.1, -0.05) is 30.3 Å². The Kier molecular flexibility index (Phi) is 4.47. The molecule has 24 heavy (non-hydrogen) atoms. The van der Waals surface area contributed by atoms with Crippen LogP contribution in [0, 0.1) is 12.7 Å². The molecule has 1 amide bonds. The highest BCUT2D eigenvalue weighted by atomic mass is 19.1. The molecule has 3 aromatic rings. The van der Waals surface area contributed by atoms with Gasteiger partial charge in [0.2, 0.25) is 0 Å². The van der Waals surface area contributed by atoms with Gasteiger partial charge in [-0.3, -0.25) is 4.79 Å². The van der Waals surface area contributed by atoms with E-state index in [4.69, 9.17) is 0 Å². The lowest BCUT2D eigenvalue weighted by molar-refractivity contribution is 0.102. The highest BCUT2D eigenvalue weighted by Gasteiger charge is 2.12. The minimum atomic E-state index is -0.399. The van der Waals surface area contributed by atoms with Crippen molar-refractivity contribution in [3.8, 4) is 0 Å². The average Bonchev–Trinajstić information content (AvgIpc) is 2.57. The summed E-state index contributed by atoms with van der Waals surface area (Å²) in [5.41, 5.74) is 1.15. The Bertz CT molecular complexity index is 868. The molecular formula is C18H15FN4O. The third kappa shape index (κ3) is 3.73. The zero-order valence-corrected chi connectivity index (χ0v) is 13.0. The van der Waals surface area contributed by atoms with Crippen molar-refractivity contribution in [1.29, 1.82) is 0 Å². The minimum Gasteiger partial charge on any atom is -0.338 e. The first-order valence-electron chi connectivity index (χ1n) is 7.35. The Labute approximate surface area is 138 Å². The molecule has 1 heterocycles. The minimum absolute atomic E-state index is 0.199. The standard InChI is InChI=1S/C18H15FN4O/c1-12-20-16(18(24)22-13-7-3-2-4-8-13)11-17(21-12)23-15-10-6-5-9-14(15)19/h2-11H,1H3,(H,22,24)(H,20,21,23). The number of benzene rings is 2. The largest absolute Gasteiger partial charge is 0.338 e. The van der Waals surface area contributed by atoms with Gasteiger partial charge in [0, 0.05) is 11.8 Å². The fourth-order valence-electron chi connectivity index (χ4n) is 2.17. The number of anilines is 3. The summed E-state index contributed by atoms with van der Waals surface area (Å²) in [4.78, 5) is 20.7. The molecule has 0 aliphatic rings. The zero-order chi connectivity index (χ0) is 16.9. The van der Waals surface area contributed by atoms with E-state index in [0.717, 1.165) is 0 Å². The lowest BCUT2D eigenvalue weighted by Crippen LogP contribution is -2.15. The van der Waals surface area contributed by atoms with Gasteiger partial charge in [0.25, 0.3) is 5.91 Å². The molecular weight excluding hydrogens is 307 g/mol. The van der Waals surface area contributed by atoms with Gasteiger partial charge < -0.3 is 10.6 Å². The molecule has 0 saturated heterocycles. The van der Waals surface area contributed by atoms with Crippen LogP contribution in [-0.4, -0.2) is 15.9 Å². The topological polar surface area (TPSA) is 66.9 Å². The molecule has 0 unspecified atom stereocenters. The number of nitrogens with zero attached hydrogens (tertiary/aromatic N) is 2. The van der Waals surface area contributed by atoms with Crippen LogP contribution >= 0.6 is 0 Å². The van der Waals surface area contributed by atoms with Crippen LogP contribution in [0.2, 0.25) is 0 Å². The van der Waals surface area contributed by atoms with Gasteiger partial charge in [-0.25, -0.2) is 14.4 Å². The number of rotatable bonds is 4. The predicted octanol–water partition coefficient (Wildman–Crippen LogP) is 3.92. The van der Waals surface area contributed by atoms with E-state index < -0.39 is 5.82 Å². The van der Waals surface area contributed by atoms with E-state index in [1.165, 1.54) is 12.1 Å². The fraction of sp³-hybridized carbons (Fsp3) is 0.0556. The van der Waals surface area contributed by atoms with E-state index in [1.54, 1.807) is 37.3 Å². The van der Waals surface area contributed by atoms with Gasteiger partial charge >= 0.3 is 0 Å². The summed E-state index contributed by atoms with van der Waals surface area (Å²) in [6.45, 7) is 1.67. The molecule has 0 fully saturated rings. The molecule has 5 nitrogen and oxygen atoms in total. The van der Waals surface area contributed by atoms with Gasteiger partial charge in [0.05, 0.1) is 5.69 Å². The molecule has 0 saturated carbocycles. The number of halogens is 1. The lowest BCUT2D eigenvalue weighted by atomic mass is 10.3. The Hall–Kier alpha value is -3.28. The first-order valence-corrected chi connectivity index (χ1v) is 7.35. The molecule has 0 aliphatic carbocycles. The lowest BCUT2D eigenvalue weighted by Gasteiger charge is -2.09. The van der Waals surface area contributed by atoms with E-state index in [2.05, 4.69) is 20.6 Å². The summed E-state index contributed by atoms with van der Waals surface area (Å²) in [6, 6.07) is 16.8. The molecule has 3 rings (SSSR count). The Morgan fingerprint density at radius 2 is 1.71 bits per heavy atom. The predicted molar refractivity (Wildman–Crippen MR) is 90.8 cm³/mol. The Balaban J connectivity index is 1.83. The van der Waals surface area contributed by atoms with Crippen molar-refractivity contribution in [2.45, 2.75) is 6.92 Å². The summed E-state index contributed by atoms with van der Waals surface area (Å²) in [7, 11) is 0. The van der Waals surface area contributed by atoms with Crippen molar-refractivity contribution in [3.05, 3.63) is 78.0 Å². The summed E-state index contributed by atoms with van der Waals surface area (Å²) >= 11 is 0. The number of aromatic nitrogens is 2. The van der Waals surface area contributed by atoms with Crippen molar-refractivity contribution < 1.29 is 9.18 Å². The van der Waals surface area contributed by atoms with Crippen LogP contribution in [0.1, 0.15) is 16.3 Å². The molecule has 0 spiro atoms. The number of hydrogen-bond acceptors (Lipinski definition) is 4. The number of nitrogens with one attached hydrogen (secondary N) is 2. The summed E-state index contributed by atoms with van der Waals surface area (Å²) in [6.07, 6.45) is 0. The van der Waals surface area contributed by atoms with Gasteiger partial charge in [0.15, 0.2) is 0 Å². The summed E-state index contributed by atoms with van der Waals surface area (Å²) in [5, 5.41) is 5.62. The smallest absolute Gasteiger partial charge is 0.274 e. The van der Waals surface area contributed by atoms with Crippen molar-refractivity contribution in [2.75, 3.05) is 10.6 Å². The Morgan fingerprint density at radius 3 is 2.46 bits per heavy atom. The maximum atomic E-state index is 13.7. The quantitative estimate of drug-likeness (QED) is 0.764. The van der Waals surface area contributed by atoms with E-state index in [0.29, 0.717) is 17.3 Å². The van der Waals surface area contributed by atoms with Crippen LogP contribution in [0.4, 0.5) is 21.6 Å². The molecule has 6 heteroatoms. The van der Waals surface area contributed by atoms with Crippen LogP contribution in [0.15, 0.2) is 60.7 Å². The van der Waals surface area contributed by atoms with Crippen LogP contribution in [0.5, 0.6) is 0 Å². The van der Waals surface area contributed by atoms with Gasteiger partial charge in [-0.2, -0.15) is 0 Å². The normalized spacial score (nSPS) is 10.2. The number of para-hydroxylation sites is 2. The van der Waals surface area contributed by atoms with E-state index in [1.807, 2.05) is 18.2 Å². The molecule has 120 valence electrons. The third-order valence-corrected chi connectivity index (χ3v) is 3.24. The van der Waals surface area contributed by atoms with E-state index >= 15 is 0 Å². The van der Waals surface area contributed by atoms with E-state index in [-0.39, 0.29) is 17.3 Å². The van der Waals surface area contributed by atoms with Crippen molar-refractivity contribution in [2.24, 2.45) is 0 Å². The maximum absolute atomic E-state index is 13.7. The SMILES string of the molecule is Cc1nc(Nc2ccccc2F)cc(C(=O)Nc2ccccc2)n1. The van der Waals surface area contributed by atoms with Crippen molar-refractivity contribution in [3.63, 3.8) is 0 Å². The number of carbonyl (C=O) groups is 1. The number of carbonyl (C=O) groups excluding carboxylic acids is 1. The number of amides is 1. The molecule has 0 atom stereocenters. The highest BCUT2D eigenvalue weighted by molar-refractivity contribution is 6.03. The van der Waals surface area contributed by atoms with Gasteiger partial charge in [-0.15, -0.1) is 0 Å². The van der Waals surface area contributed by atoms with Crippen LogP contribution in [0.25, 0.3) is 0 Å². The third-order valence-electron chi connectivity index (χ3n) is 3.24. The monoisotopic (exact) mass is 322 g/mol. The van der Waals surface area contributed by atoms with Crippen LogP contribution in [-0.2, 0) is 0 Å².